The number of rotatable bonds is 4. The summed E-state index contributed by atoms with van der Waals surface area (Å²) in [4.78, 5) is 0. The first-order valence-corrected chi connectivity index (χ1v) is 5.90. The molecule has 0 aliphatic rings. The lowest BCUT2D eigenvalue weighted by Gasteiger charge is -2.11. The molecule has 0 heterocycles. The van der Waals surface area contributed by atoms with Gasteiger partial charge in [-0.25, -0.2) is 0 Å². The topological polar surface area (TPSA) is 55.5 Å². The molecule has 94 valence electrons. The SMILES string of the molecule is Cc1ccc(Oc2cccc(CO)c2)c(CN)c1. The molecule has 0 amide bonds. The lowest BCUT2D eigenvalue weighted by Crippen LogP contribution is -2.00. The van der Waals surface area contributed by atoms with Crippen molar-refractivity contribution >= 4 is 0 Å². The molecular weight excluding hydrogens is 226 g/mol. The van der Waals surface area contributed by atoms with Gasteiger partial charge in [0.25, 0.3) is 0 Å². The van der Waals surface area contributed by atoms with Crippen molar-refractivity contribution in [1.29, 1.82) is 0 Å². The minimum absolute atomic E-state index is 0.00877. The number of hydrogen-bond donors (Lipinski definition) is 2. The van der Waals surface area contributed by atoms with E-state index in [1.807, 2.05) is 49.4 Å². The third-order valence-corrected chi connectivity index (χ3v) is 2.74. The van der Waals surface area contributed by atoms with E-state index in [9.17, 15) is 0 Å². The predicted molar refractivity (Wildman–Crippen MR) is 71.5 cm³/mol. The van der Waals surface area contributed by atoms with Crippen molar-refractivity contribution < 1.29 is 9.84 Å². The highest BCUT2D eigenvalue weighted by Gasteiger charge is 2.04. The number of ether oxygens (including phenoxy) is 1. The highest BCUT2D eigenvalue weighted by molar-refractivity contribution is 5.40. The summed E-state index contributed by atoms with van der Waals surface area (Å²) in [6.07, 6.45) is 0. The van der Waals surface area contributed by atoms with Gasteiger partial charge in [-0.3, -0.25) is 0 Å². The fourth-order valence-electron chi connectivity index (χ4n) is 1.80. The summed E-state index contributed by atoms with van der Waals surface area (Å²) in [6.45, 7) is 2.47. The second-order valence-electron chi connectivity index (χ2n) is 4.22. The van der Waals surface area contributed by atoms with E-state index >= 15 is 0 Å². The van der Waals surface area contributed by atoms with Crippen LogP contribution in [0.2, 0.25) is 0 Å². The number of aliphatic hydroxyl groups is 1. The molecule has 0 bridgehead atoms. The van der Waals surface area contributed by atoms with Crippen LogP contribution in [0.3, 0.4) is 0 Å². The zero-order valence-electron chi connectivity index (χ0n) is 10.4. The van der Waals surface area contributed by atoms with Crippen LogP contribution in [-0.2, 0) is 13.2 Å². The summed E-state index contributed by atoms with van der Waals surface area (Å²) in [5.74, 6) is 1.47. The summed E-state index contributed by atoms with van der Waals surface area (Å²) in [5.41, 5.74) is 8.67. The highest BCUT2D eigenvalue weighted by Crippen LogP contribution is 2.26. The van der Waals surface area contributed by atoms with Gasteiger partial charge >= 0.3 is 0 Å². The van der Waals surface area contributed by atoms with E-state index in [0.717, 1.165) is 22.4 Å². The maximum atomic E-state index is 9.09. The fraction of sp³-hybridized carbons (Fsp3) is 0.200. The Bertz CT molecular complexity index is 538. The summed E-state index contributed by atoms with van der Waals surface area (Å²) in [5, 5.41) is 9.09. The number of benzene rings is 2. The molecule has 2 aromatic carbocycles. The van der Waals surface area contributed by atoms with E-state index in [1.54, 1.807) is 0 Å². The lowest BCUT2D eigenvalue weighted by molar-refractivity contribution is 0.281. The molecule has 0 saturated heterocycles. The van der Waals surface area contributed by atoms with Gasteiger partial charge in [0.15, 0.2) is 0 Å². The molecule has 0 atom stereocenters. The molecule has 3 N–H and O–H groups in total. The first kappa shape index (κ1) is 12.6. The molecule has 0 aliphatic heterocycles. The number of aliphatic hydroxyl groups excluding tert-OH is 1. The van der Waals surface area contributed by atoms with Crippen molar-refractivity contribution in [2.75, 3.05) is 0 Å². The van der Waals surface area contributed by atoms with Gasteiger partial charge in [-0.2, -0.15) is 0 Å². The molecule has 2 aromatic rings. The molecule has 0 unspecified atom stereocenters. The summed E-state index contributed by atoms with van der Waals surface area (Å²) < 4.78 is 5.81. The number of hydrogen-bond acceptors (Lipinski definition) is 3. The monoisotopic (exact) mass is 243 g/mol. The maximum absolute atomic E-state index is 9.09. The van der Waals surface area contributed by atoms with Crippen LogP contribution in [0.25, 0.3) is 0 Å². The molecule has 3 heteroatoms. The standard InChI is InChI=1S/C15H17NO2/c1-11-5-6-15(13(7-11)9-16)18-14-4-2-3-12(8-14)10-17/h2-8,17H,9-10,16H2,1H3. The minimum atomic E-state index is 0.00877. The van der Waals surface area contributed by atoms with Crippen molar-refractivity contribution in [2.24, 2.45) is 5.73 Å². The Hall–Kier alpha value is -1.84. The smallest absolute Gasteiger partial charge is 0.131 e. The summed E-state index contributed by atoms with van der Waals surface area (Å²) >= 11 is 0. The zero-order chi connectivity index (χ0) is 13.0. The second kappa shape index (κ2) is 5.67. The molecule has 0 aliphatic carbocycles. The summed E-state index contributed by atoms with van der Waals surface area (Å²) in [7, 11) is 0. The van der Waals surface area contributed by atoms with E-state index in [4.69, 9.17) is 15.6 Å². The number of aryl methyl sites for hydroxylation is 1. The Kier molecular flexibility index (Phi) is 3.97. The third kappa shape index (κ3) is 2.88. The largest absolute Gasteiger partial charge is 0.457 e. The molecule has 0 radical (unpaired) electrons. The Morgan fingerprint density at radius 2 is 2.00 bits per heavy atom. The van der Waals surface area contributed by atoms with Crippen molar-refractivity contribution in [3.8, 4) is 11.5 Å². The average molecular weight is 243 g/mol. The van der Waals surface area contributed by atoms with Gasteiger partial charge in [-0.15, -0.1) is 0 Å². The third-order valence-electron chi connectivity index (χ3n) is 2.74. The summed E-state index contributed by atoms with van der Waals surface area (Å²) in [6, 6.07) is 13.3. The maximum Gasteiger partial charge on any atom is 0.131 e. The molecule has 3 nitrogen and oxygen atoms in total. The van der Waals surface area contributed by atoms with E-state index in [2.05, 4.69) is 0 Å². The van der Waals surface area contributed by atoms with Crippen LogP contribution in [0.4, 0.5) is 0 Å². The highest BCUT2D eigenvalue weighted by atomic mass is 16.5. The van der Waals surface area contributed by atoms with Gasteiger partial charge in [0.05, 0.1) is 6.61 Å². The molecule has 0 saturated carbocycles. The van der Waals surface area contributed by atoms with Crippen LogP contribution in [0, 0.1) is 6.92 Å². The molecule has 0 fully saturated rings. The van der Waals surface area contributed by atoms with Gasteiger partial charge in [-0.05, 0) is 30.7 Å². The zero-order valence-corrected chi connectivity index (χ0v) is 10.4. The average Bonchev–Trinajstić information content (AvgIpc) is 2.41. The Labute approximate surface area is 107 Å². The van der Waals surface area contributed by atoms with Crippen molar-refractivity contribution in [1.82, 2.24) is 0 Å². The van der Waals surface area contributed by atoms with Gasteiger partial charge in [0.2, 0.25) is 0 Å². The second-order valence-corrected chi connectivity index (χ2v) is 4.22. The fourth-order valence-corrected chi connectivity index (χ4v) is 1.80. The van der Waals surface area contributed by atoms with Gasteiger partial charge in [0, 0.05) is 12.1 Å². The van der Waals surface area contributed by atoms with Crippen molar-refractivity contribution in [3.05, 3.63) is 59.2 Å². The van der Waals surface area contributed by atoms with Gasteiger partial charge in [0.1, 0.15) is 11.5 Å². The van der Waals surface area contributed by atoms with Crippen molar-refractivity contribution in [3.63, 3.8) is 0 Å². The molecule has 18 heavy (non-hydrogen) atoms. The molecule has 0 aromatic heterocycles. The first-order chi connectivity index (χ1) is 8.72. The van der Waals surface area contributed by atoms with Gasteiger partial charge < -0.3 is 15.6 Å². The molecular formula is C15H17NO2. The van der Waals surface area contributed by atoms with E-state index in [-0.39, 0.29) is 6.61 Å². The first-order valence-electron chi connectivity index (χ1n) is 5.90. The van der Waals surface area contributed by atoms with Gasteiger partial charge in [-0.1, -0.05) is 29.8 Å². The normalized spacial score (nSPS) is 10.4. The Balaban J connectivity index is 2.27. The minimum Gasteiger partial charge on any atom is -0.457 e. The van der Waals surface area contributed by atoms with Crippen LogP contribution in [0.5, 0.6) is 11.5 Å². The van der Waals surface area contributed by atoms with Crippen LogP contribution in [0.15, 0.2) is 42.5 Å². The van der Waals surface area contributed by atoms with E-state index < -0.39 is 0 Å². The lowest BCUT2D eigenvalue weighted by atomic mass is 10.1. The van der Waals surface area contributed by atoms with Crippen LogP contribution >= 0.6 is 0 Å². The Morgan fingerprint density at radius 3 is 2.72 bits per heavy atom. The van der Waals surface area contributed by atoms with Crippen LogP contribution in [0.1, 0.15) is 16.7 Å². The quantitative estimate of drug-likeness (QED) is 0.868. The molecule has 0 spiro atoms. The Morgan fingerprint density at radius 1 is 1.17 bits per heavy atom. The van der Waals surface area contributed by atoms with Crippen LogP contribution < -0.4 is 10.5 Å². The van der Waals surface area contributed by atoms with E-state index in [1.165, 1.54) is 0 Å². The van der Waals surface area contributed by atoms with Crippen molar-refractivity contribution in [2.45, 2.75) is 20.1 Å². The predicted octanol–water partition coefficient (Wildman–Crippen LogP) is 2.74. The van der Waals surface area contributed by atoms with E-state index in [0.29, 0.717) is 12.3 Å². The molecule has 2 rings (SSSR count). The number of nitrogens with two attached hydrogens (primary N) is 1. The van der Waals surface area contributed by atoms with Crippen LogP contribution in [-0.4, -0.2) is 5.11 Å².